The maximum atomic E-state index is 11.6. The number of hydrogen-bond acceptors (Lipinski definition) is 4. The molecule has 2 N–H and O–H groups in total. The zero-order valence-electron chi connectivity index (χ0n) is 7.94. The van der Waals surface area contributed by atoms with Gasteiger partial charge in [-0.2, -0.15) is 0 Å². The summed E-state index contributed by atoms with van der Waals surface area (Å²) >= 11 is 0.245. The Bertz CT molecular complexity index is 341. The van der Waals surface area contributed by atoms with Crippen molar-refractivity contribution in [2.45, 2.75) is 18.4 Å². The van der Waals surface area contributed by atoms with Gasteiger partial charge in [0.05, 0.1) is 0 Å². The Morgan fingerprint density at radius 1 is 1.31 bits per heavy atom. The maximum Gasteiger partial charge on any atom is 0.533 e. The van der Waals surface area contributed by atoms with Crippen molar-refractivity contribution < 1.29 is 27.6 Å². The average molecular weight is 254 g/mol. The second-order valence-corrected chi connectivity index (χ2v) is 3.60. The van der Waals surface area contributed by atoms with Gasteiger partial charge in [0.15, 0.2) is 6.29 Å². The lowest BCUT2D eigenvalue weighted by atomic mass is 10.1. The molecule has 90 valence electrons. The van der Waals surface area contributed by atoms with Crippen LogP contribution in [0, 0.1) is 0 Å². The van der Waals surface area contributed by atoms with Gasteiger partial charge in [0, 0.05) is 23.4 Å². The highest BCUT2D eigenvalue weighted by Gasteiger charge is 2.29. The molecule has 3 nitrogen and oxygen atoms in total. The number of rotatable bonds is 4. The van der Waals surface area contributed by atoms with Gasteiger partial charge in [-0.25, -0.2) is 4.18 Å². The van der Waals surface area contributed by atoms with Gasteiger partial charge < -0.3 is 10.2 Å². The Balaban J connectivity index is 2.51. The van der Waals surface area contributed by atoms with Gasteiger partial charge in [0.25, 0.3) is 0 Å². The lowest BCUT2D eigenvalue weighted by Gasteiger charge is -2.07. The molecule has 1 aromatic rings. The summed E-state index contributed by atoms with van der Waals surface area (Å²) in [5.41, 5.74) is 0.741. The molecule has 0 aliphatic heterocycles. The van der Waals surface area contributed by atoms with Gasteiger partial charge in [0.2, 0.25) is 0 Å². The van der Waals surface area contributed by atoms with Crippen molar-refractivity contribution in [2.75, 3.05) is 0 Å². The van der Waals surface area contributed by atoms with E-state index in [0.717, 1.165) is 0 Å². The Hall–Kier alpha value is -0.760. The highest BCUT2D eigenvalue weighted by Crippen LogP contribution is 2.26. The SMILES string of the molecule is OC(O)c1cccc(CSOC(F)(F)F)c1. The van der Waals surface area contributed by atoms with Crippen LogP contribution >= 0.6 is 12.0 Å². The Labute approximate surface area is 94.1 Å². The maximum absolute atomic E-state index is 11.6. The summed E-state index contributed by atoms with van der Waals surface area (Å²) in [6, 6.07) is 5.96. The van der Waals surface area contributed by atoms with Crippen LogP contribution in [0.15, 0.2) is 24.3 Å². The minimum Gasteiger partial charge on any atom is -0.364 e. The van der Waals surface area contributed by atoms with Crippen molar-refractivity contribution >= 4 is 12.0 Å². The molecule has 0 saturated carbocycles. The largest absolute Gasteiger partial charge is 0.533 e. The smallest absolute Gasteiger partial charge is 0.364 e. The van der Waals surface area contributed by atoms with Crippen molar-refractivity contribution in [3.05, 3.63) is 35.4 Å². The molecule has 0 radical (unpaired) electrons. The predicted molar refractivity (Wildman–Crippen MR) is 52.1 cm³/mol. The zero-order chi connectivity index (χ0) is 12.2. The van der Waals surface area contributed by atoms with Crippen LogP contribution < -0.4 is 0 Å². The van der Waals surface area contributed by atoms with Gasteiger partial charge in [0.1, 0.15) is 0 Å². The van der Waals surface area contributed by atoms with E-state index >= 15 is 0 Å². The van der Waals surface area contributed by atoms with E-state index in [2.05, 4.69) is 4.18 Å². The molecule has 1 aromatic carbocycles. The molecule has 0 spiro atoms. The van der Waals surface area contributed by atoms with E-state index < -0.39 is 12.7 Å². The molecule has 16 heavy (non-hydrogen) atoms. The fourth-order valence-electron chi connectivity index (χ4n) is 1.01. The number of aliphatic hydroxyl groups is 2. The number of hydrogen-bond donors (Lipinski definition) is 2. The number of benzene rings is 1. The first-order valence-corrected chi connectivity index (χ1v) is 5.12. The lowest BCUT2D eigenvalue weighted by Crippen LogP contribution is -2.07. The molecule has 0 unspecified atom stereocenters. The number of alkyl halides is 3. The summed E-state index contributed by atoms with van der Waals surface area (Å²) in [7, 11) is 0. The summed E-state index contributed by atoms with van der Waals surface area (Å²) < 4.78 is 38.5. The second kappa shape index (κ2) is 5.53. The summed E-state index contributed by atoms with van der Waals surface area (Å²) in [6.45, 7) is 0. The van der Waals surface area contributed by atoms with E-state index in [0.29, 0.717) is 5.56 Å². The molecular weight excluding hydrogens is 245 g/mol. The Morgan fingerprint density at radius 3 is 2.56 bits per heavy atom. The van der Waals surface area contributed by atoms with Crippen LogP contribution in [-0.2, 0) is 9.94 Å². The predicted octanol–water partition coefficient (Wildman–Crippen LogP) is 2.35. The number of halogens is 3. The third kappa shape index (κ3) is 4.84. The van der Waals surface area contributed by atoms with Crippen LogP contribution in [0.2, 0.25) is 0 Å². The first-order valence-electron chi connectivity index (χ1n) is 4.21. The first kappa shape index (κ1) is 13.3. The molecular formula is C9H9F3O3S. The van der Waals surface area contributed by atoms with Crippen LogP contribution in [0.5, 0.6) is 0 Å². The van der Waals surface area contributed by atoms with E-state index in [1.54, 1.807) is 6.07 Å². The van der Waals surface area contributed by atoms with Gasteiger partial charge >= 0.3 is 6.36 Å². The van der Waals surface area contributed by atoms with E-state index in [-0.39, 0.29) is 23.4 Å². The third-order valence-electron chi connectivity index (χ3n) is 1.63. The fraction of sp³-hybridized carbons (Fsp3) is 0.333. The zero-order valence-corrected chi connectivity index (χ0v) is 8.76. The Kier molecular flexibility index (Phi) is 4.60. The molecule has 7 heteroatoms. The van der Waals surface area contributed by atoms with Crippen LogP contribution in [0.4, 0.5) is 13.2 Å². The number of aliphatic hydroxyl groups excluding tert-OH is 1. The van der Waals surface area contributed by atoms with Gasteiger partial charge in [-0.1, -0.05) is 18.2 Å². The van der Waals surface area contributed by atoms with Crippen molar-refractivity contribution in [2.24, 2.45) is 0 Å². The van der Waals surface area contributed by atoms with Crippen molar-refractivity contribution in [3.8, 4) is 0 Å². The molecule has 0 saturated heterocycles. The molecule has 0 aromatic heterocycles. The van der Waals surface area contributed by atoms with E-state index in [9.17, 15) is 13.2 Å². The van der Waals surface area contributed by atoms with Gasteiger partial charge in [-0.05, 0) is 11.6 Å². The normalized spacial score (nSPS) is 12.1. The van der Waals surface area contributed by atoms with Crippen LogP contribution in [0.3, 0.4) is 0 Å². The highest BCUT2D eigenvalue weighted by atomic mass is 32.2. The van der Waals surface area contributed by atoms with E-state index in [1.807, 2.05) is 0 Å². The monoisotopic (exact) mass is 254 g/mol. The van der Waals surface area contributed by atoms with Crippen LogP contribution in [0.1, 0.15) is 17.4 Å². The first-order chi connectivity index (χ1) is 7.38. The van der Waals surface area contributed by atoms with Gasteiger partial charge in [-0.15, -0.1) is 13.2 Å². The summed E-state index contributed by atoms with van der Waals surface area (Å²) in [4.78, 5) is 0. The standard InChI is InChI=1S/C9H9F3O3S/c10-9(11,12)15-16-5-6-2-1-3-7(4-6)8(13)14/h1-4,8,13-14H,5H2. The summed E-state index contributed by atoms with van der Waals surface area (Å²) in [5.74, 6) is -0.0277. The lowest BCUT2D eigenvalue weighted by molar-refractivity contribution is -0.266. The van der Waals surface area contributed by atoms with Gasteiger partial charge in [-0.3, -0.25) is 0 Å². The topological polar surface area (TPSA) is 49.7 Å². The van der Waals surface area contributed by atoms with Crippen molar-refractivity contribution in [3.63, 3.8) is 0 Å². The minimum absolute atomic E-state index is 0.0277. The van der Waals surface area contributed by atoms with E-state index in [1.165, 1.54) is 18.2 Å². The highest BCUT2D eigenvalue weighted by molar-refractivity contribution is 7.93. The fourth-order valence-corrected chi connectivity index (χ4v) is 1.52. The summed E-state index contributed by atoms with van der Waals surface area (Å²) in [5, 5.41) is 17.7. The third-order valence-corrected chi connectivity index (χ3v) is 2.39. The average Bonchev–Trinajstić information content (AvgIpc) is 2.16. The molecule has 0 heterocycles. The Morgan fingerprint density at radius 2 is 2.00 bits per heavy atom. The van der Waals surface area contributed by atoms with Crippen LogP contribution in [-0.4, -0.2) is 16.6 Å². The van der Waals surface area contributed by atoms with Crippen LogP contribution in [0.25, 0.3) is 0 Å². The molecule has 0 atom stereocenters. The second-order valence-electron chi connectivity index (χ2n) is 2.91. The van der Waals surface area contributed by atoms with E-state index in [4.69, 9.17) is 10.2 Å². The minimum atomic E-state index is -4.67. The summed E-state index contributed by atoms with van der Waals surface area (Å²) in [6.07, 6.45) is -6.30. The molecule has 0 aliphatic rings. The molecule has 1 rings (SSSR count). The molecule has 0 amide bonds. The quantitative estimate of drug-likeness (QED) is 0.639. The molecule has 0 bridgehead atoms. The molecule has 0 fully saturated rings. The molecule has 0 aliphatic carbocycles. The van der Waals surface area contributed by atoms with Crippen molar-refractivity contribution in [1.82, 2.24) is 0 Å². The van der Waals surface area contributed by atoms with Crippen molar-refractivity contribution in [1.29, 1.82) is 0 Å².